The summed E-state index contributed by atoms with van der Waals surface area (Å²) in [7, 11) is 0. The molecule has 0 aromatic heterocycles. The molecule has 2 heteroatoms. The first-order valence-corrected chi connectivity index (χ1v) is 6.77. The molecule has 0 aliphatic rings. The highest BCUT2D eigenvalue weighted by atomic mass is 32.2. The summed E-state index contributed by atoms with van der Waals surface area (Å²) in [5.41, 5.74) is 1.98. The molecule has 0 aliphatic heterocycles. The molecule has 1 nitrogen and oxygen atoms in total. The van der Waals surface area contributed by atoms with Crippen LogP contribution in [0, 0.1) is 12.8 Å². The first-order chi connectivity index (χ1) is 7.50. The quantitative estimate of drug-likeness (QED) is 0.720. The van der Waals surface area contributed by atoms with Crippen LogP contribution in [-0.4, -0.2) is 16.8 Å². The fraction of sp³-hybridized carbons (Fsp3) is 0.500. The molecule has 16 heavy (non-hydrogen) atoms. The number of hydrogen-bond acceptors (Lipinski definition) is 2. The van der Waals surface area contributed by atoms with Crippen LogP contribution in [0.5, 0.6) is 0 Å². The van der Waals surface area contributed by atoms with Crippen molar-refractivity contribution in [2.24, 2.45) is 5.92 Å². The molecule has 0 aliphatic carbocycles. The Morgan fingerprint density at radius 1 is 1.31 bits per heavy atom. The molecule has 0 spiro atoms. The molecule has 0 heterocycles. The van der Waals surface area contributed by atoms with Crippen molar-refractivity contribution in [1.29, 1.82) is 0 Å². The summed E-state index contributed by atoms with van der Waals surface area (Å²) >= 11 is 1.74. The Bertz CT molecular complexity index is 358. The average molecular weight is 236 g/mol. The van der Waals surface area contributed by atoms with Crippen LogP contribution in [0.25, 0.3) is 0 Å². The molecule has 1 rings (SSSR count). The van der Waals surface area contributed by atoms with Crippen LogP contribution in [0.15, 0.2) is 24.3 Å². The predicted molar refractivity (Wildman–Crippen MR) is 72.3 cm³/mol. The highest BCUT2D eigenvalue weighted by Gasteiger charge is 2.11. The van der Waals surface area contributed by atoms with Gasteiger partial charge in [-0.1, -0.05) is 44.5 Å². The second kappa shape index (κ2) is 6.09. The van der Waals surface area contributed by atoms with E-state index in [9.17, 15) is 4.79 Å². The van der Waals surface area contributed by atoms with Crippen molar-refractivity contribution < 1.29 is 4.79 Å². The molecule has 1 atom stereocenters. The smallest absolute Gasteiger partial charge is 0.172 e. The summed E-state index contributed by atoms with van der Waals surface area (Å²) in [6.45, 7) is 8.57. The van der Waals surface area contributed by atoms with Crippen molar-refractivity contribution in [2.45, 2.75) is 32.9 Å². The zero-order valence-electron chi connectivity index (χ0n) is 10.5. The zero-order chi connectivity index (χ0) is 12.1. The Hall–Kier alpha value is -0.760. The molecule has 0 saturated carbocycles. The van der Waals surface area contributed by atoms with Crippen LogP contribution >= 0.6 is 11.8 Å². The first kappa shape index (κ1) is 13.3. The fourth-order valence-corrected chi connectivity index (χ4v) is 2.27. The van der Waals surface area contributed by atoms with Gasteiger partial charge >= 0.3 is 0 Å². The Kier molecular flexibility index (Phi) is 5.07. The Balaban J connectivity index is 2.53. The number of aryl methyl sites for hydroxylation is 1. The van der Waals surface area contributed by atoms with E-state index in [1.807, 2.05) is 31.2 Å². The molecule has 0 N–H and O–H groups in total. The number of hydrogen-bond donors (Lipinski definition) is 0. The number of carbonyl (C=O) groups excluding carboxylic acids is 1. The van der Waals surface area contributed by atoms with Crippen LogP contribution in [0.2, 0.25) is 0 Å². The maximum atomic E-state index is 11.9. The van der Waals surface area contributed by atoms with Crippen molar-refractivity contribution in [3.8, 4) is 0 Å². The summed E-state index contributed by atoms with van der Waals surface area (Å²) in [5, 5.41) is 0.536. The maximum Gasteiger partial charge on any atom is 0.172 e. The standard InChI is InChI=1S/C14H20OS/c1-10(2)12(4)16-9-14(15)13-7-5-6-11(3)8-13/h5-8,10,12H,9H2,1-4H3. The molecule has 0 amide bonds. The summed E-state index contributed by atoms with van der Waals surface area (Å²) < 4.78 is 0. The summed E-state index contributed by atoms with van der Waals surface area (Å²) in [5.74, 6) is 1.44. The van der Waals surface area contributed by atoms with Crippen molar-refractivity contribution in [2.75, 3.05) is 5.75 Å². The Morgan fingerprint density at radius 2 is 2.00 bits per heavy atom. The lowest BCUT2D eigenvalue weighted by atomic mass is 10.1. The van der Waals surface area contributed by atoms with Gasteiger partial charge in [0.05, 0.1) is 5.75 Å². The molecule has 88 valence electrons. The normalized spacial score (nSPS) is 12.8. The lowest BCUT2D eigenvalue weighted by molar-refractivity contribution is 0.102. The fourth-order valence-electron chi connectivity index (χ4n) is 1.30. The third-order valence-electron chi connectivity index (χ3n) is 2.76. The van der Waals surface area contributed by atoms with Gasteiger partial charge in [0.2, 0.25) is 0 Å². The number of benzene rings is 1. The molecule has 0 saturated heterocycles. The van der Waals surface area contributed by atoms with Crippen molar-refractivity contribution in [1.82, 2.24) is 0 Å². The van der Waals surface area contributed by atoms with E-state index in [0.717, 1.165) is 11.1 Å². The van der Waals surface area contributed by atoms with Crippen molar-refractivity contribution in [3.05, 3.63) is 35.4 Å². The van der Waals surface area contributed by atoms with Crippen LogP contribution in [0.4, 0.5) is 0 Å². The van der Waals surface area contributed by atoms with Crippen molar-refractivity contribution >= 4 is 17.5 Å². The lowest BCUT2D eigenvalue weighted by Crippen LogP contribution is -2.11. The van der Waals surface area contributed by atoms with Gasteiger partial charge < -0.3 is 0 Å². The van der Waals surface area contributed by atoms with E-state index in [1.54, 1.807) is 11.8 Å². The van der Waals surface area contributed by atoms with Crippen molar-refractivity contribution in [3.63, 3.8) is 0 Å². The van der Waals surface area contributed by atoms with Gasteiger partial charge in [-0.15, -0.1) is 0 Å². The summed E-state index contributed by atoms with van der Waals surface area (Å²) in [6, 6.07) is 7.82. The van der Waals surface area contributed by atoms with Gasteiger partial charge in [-0.3, -0.25) is 4.79 Å². The summed E-state index contributed by atoms with van der Waals surface area (Å²) in [4.78, 5) is 11.9. The van der Waals surface area contributed by atoms with Gasteiger partial charge in [-0.05, 0) is 18.9 Å². The molecule has 0 radical (unpaired) electrons. The van der Waals surface area contributed by atoms with Gasteiger partial charge in [0.25, 0.3) is 0 Å². The van der Waals surface area contributed by atoms with Gasteiger partial charge in [0.15, 0.2) is 5.78 Å². The van der Waals surface area contributed by atoms with Crippen LogP contribution in [0.3, 0.4) is 0 Å². The Labute approximate surface area is 103 Å². The highest BCUT2D eigenvalue weighted by Crippen LogP contribution is 2.20. The third-order valence-corrected chi connectivity index (χ3v) is 4.26. The van der Waals surface area contributed by atoms with E-state index >= 15 is 0 Å². The van der Waals surface area contributed by atoms with E-state index in [0.29, 0.717) is 16.9 Å². The molecular formula is C14H20OS. The third kappa shape index (κ3) is 4.01. The van der Waals surface area contributed by atoms with E-state index in [1.165, 1.54) is 0 Å². The minimum absolute atomic E-state index is 0.237. The molecule has 1 unspecified atom stereocenters. The number of rotatable bonds is 5. The first-order valence-electron chi connectivity index (χ1n) is 5.72. The monoisotopic (exact) mass is 236 g/mol. The topological polar surface area (TPSA) is 17.1 Å². The Morgan fingerprint density at radius 3 is 2.56 bits per heavy atom. The van der Waals surface area contributed by atoms with E-state index in [4.69, 9.17) is 0 Å². The van der Waals surface area contributed by atoms with E-state index < -0.39 is 0 Å². The van der Waals surface area contributed by atoms with Gasteiger partial charge in [0, 0.05) is 10.8 Å². The second-order valence-corrected chi connectivity index (χ2v) is 5.92. The molecule has 0 bridgehead atoms. The minimum Gasteiger partial charge on any atom is -0.293 e. The molecule has 1 aromatic carbocycles. The van der Waals surface area contributed by atoms with E-state index in [2.05, 4.69) is 20.8 Å². The molecule has 0 fully saturated rings. The number of carbonyl (C=O) groups is 1. The zero-order valence-corrected chi connectivity index (χ0v) is 11.3. The largest absolute Gasteiger partial charge is 0.293 e. The second-order valence-electron chi connectivity index (χ2n) is 4.55. The number of thioether (sulfide) groups is 1. The van der Waals surface area contributed by atoms with Crippen LogP contribution < -0.4 is 0 Å². The predicted octanol–water partition coefficient (Wildman–Crippen LogP) is 3.96. The average Bonchev–Trinajstić information content (AvgIpc) is 2.25. The van der Waals surface area contributed by atoms with Crippen LogP contribution in [0.1, 0.15) is 36.7 Å². The number of Topliss-reactive ketones (excluding diaryl/α,β-unsaturated/α-hetero) is 1. The van der Waals surface area contributed by atoms with Gasteiger partial charge in [-0.25, -0.2) is 0 Å². The SMILES string of the molecule is Cc1cccc(C(=O)CSC(C)C(C)C)c1. The lowest BCUT2D eigenvalue weighted by Gasteiger charge is -2.14. The van der Waals surface area contributed by atoms with Crippen LogP contribution in [-0.2, 0) is 0 Å². The molecule has 1 aromatic rings. The van der Waals surface area contributed by atoms with Gasteiger partial charge in [-0.2, -0.15) is 11.8 Å². The summed E-state index contributed by atoms with van der Waals surface area (Å²) in [6.07, 6.45) is 0. The van der Waals surface area contributed by atoms with E-state index in [-0.39, 0.29) is 5.78 Å². The van der Waals surface area contributed by atoms with Gasteiger partial charge in [0.1, 0.15) is 0 Å². The number of ketones is 1. The molecular weight excluding hydrogens is 216 g/mol. The minimum atomic E-state index is 0.237. The highest BCUT2D eigenvalue weighted by molar-refractivity contribution is 8.00. The maximum absolute atomic E-state index is 11.9.